The van der Waals surface area contributed by atoms with Crippen molar-refractivity contribution in [3.05, 3.63) is 252 Å². The monoisotopic (exact) mass is 834 g/mol. The predicted molar refractivity (Wildman–Crippen MR) is 269 cm³/mol. The van der Waals surface area contributed by atoms with E-state index in [-0.39, 0.29) is 5.41 Å². The van der Waals surface area contributed by atoms with E-state index < -0.39 is 5.41 Å². The average molecular weight is 835 g/mol. The molecule has 0 atom stereocenters. The van der Waals surface area contributed by atoms with Gasteiger partial charge < -0.3 is 9.47 Å². The lowest BCUT2D eigenvalue weighted by atomic mass is 9.38. The summed E-state index contributed by atoms with van der Waals surface area (Å²) in [5.41, 5.74) is 15.2. The van der Waals surface area contributed by atoms with Gasteiger partial charge in [0.15, 0.2) is 0 Å². The standard InChI is InChI=1S/C63H50N2/c1-3-18-45(19-4-1)62(46-20-5-2-6-21-46)55-25-11-12-26-56(55)63(47-37-42-36-43(39-47)40-48(63)38-42)57-35-34-51(41-58(57)62)64(59-29-15-17-44-16-7-8-22-52(44)59)49-30-32-50(33-31-49)65-60-27-13-9-23-53(60)54-24-10-14-28-61(54)65/h1-35,41-43,47-48H,36-40H2. The zero-order chi connectivity index (χ0) is 42.7. The van der Waals surface area contributed by atoms with Gasteiger partial charge in [-0.25, -0.2) is 0 Å². The summed E-state index contributed by atoms with van der Waals surface area (Å²) in [6.45, 7) is 0. The van der Waals surface area contributed by atoms with Crippen molar-refractivity contribution in [3.8, 4) is 5.69 Å². The Morgan fingerprint density at radius 3 is 1.54 bits per heavy atom. The Hall–Kier alpha value is -7.16. The van der Waals surface area contributed by atoms with Gasteiger partial charge in [-0.3, -0.25) is 0 Å². The number of fused-ring (bicyclic) bond motifs is 6. The lowest BCUT2D eigenvalue weighted by Gasteiger charge is -2.65. The number of benzene rings is 9. The molecule has 312 valence electrons. The number of hydrogen-bond donors (Lipinski definition) is 0. The molecule has 15 rings (SSSR count). The van der Waals surface area contributed by atoms with Crippen molar-refractivity contribution < 1.29 is 0 Å². The maximum absolute atomic E-state index is 2.64. The molecule has 0 saturated heterocycles. The third kappa shape index (κ3) is 5.17. The highest BCUT2D eigenvalue weighted by atomic mass is 15.1. The van der Waals surface area contributed by atoms with E-state index in [0.717, 1.165) is 23.2 Å². The average Bonchev–Trinajstić information content (AvgIpc) is 3.70. The smallest absolute Gasteiger partial charge is 0.0708 e. The Bertz CT molecular complexity index is 3330. The molecule has 5 aliphatic carbocycles. The minimum atomic E-state index is -0.533. The van der Waals surface area contributed by atoms with E-state index in [1.165, 1.54) is 98.3 Å². The molecule has 2 heteroatoms. The second kappa shape index (κ2) is 14.2. The van der Waals surface area contributed by atoms with Crippen LogP contribution in [0.15, 0.2) is 218 Å². The van der Waals surface area contributed by atoms with Crippen molar-refractivity contribution in [2.24, 2.45) is 23.7 Å². The first-order chi connectivity index (χ1) is 32.2. The maximum Gasteiger partial charge on any atom is 0.0708 e. The van der Waals surface area contributed by atoms with E-state index in [1.807, 2.05) is 0 Å². The quantitative estimate of drug-likeness (QED) is 0.162. The molecule has 4 bridgehead atoms. The maximum atomic E-state index is 2.64. The van der Waals surface area contributed by atoms with Gasteiger partial charge in [0.25, 0.3) is 0 Å². The van der Waals surface area contributed by atoms with Gasteiger partial charge in [0.1, 0.15) is 0 Å². The lowest BCUT2D eigenvalue weighted by molar-refractivity contribution is -0.0440. The summed E-state index contributed by atoms with van der Waals surface area (Å²) in [4.78, 5) is 2.54. The Labute approximate surface area is 381 Å². The number of para-hydroxylation sites is 2. The zero-order valence-electron chi connectivity index (χ0n) is 36.5. The molecule has 0 unspecified atom stereocenters. The molecule has 5 aliphatic rings. The van der Waals surface area contributed by atoms with Crippen LogP contribution in [0.3, 0.4) is 0 Å². The molecule has 0 amide bonds. The van der Waals surface area contributed by atoms with Crippen LogP contribution in [-0.4, -0.2) is 4.57 Å². The Kier molecular flexibility index (Phi) is 8.12. The molecule has 4 saturated carbocycles. The summed E-state index contributed by atoms with van der Waals surface area (Å²) in [5.74, 6) is 2.99. The number of aromatic nitrogens is 1. The van der Waals surface area contributed by atoms with Crippen LogP contribution < -0.4 is 4.90 Å². The lowest BCUT2D eigenvalue weighted by Crippen LogP contribution is -2.59. The summed E-state index contributed by atoms with van der Waals surface area (Å²) in [6.07, 6.45) is 6.79. The summed E-state index contributed by atoms with van der Waals surface area (Å²) in [6, 6.07) is 83.0. The molecular formula is C63H50N2. The highest BCUT2D eigenvalue weighted by molar-refractivity contribution is 6.09. The van der Waals surface area contributed by atoms with Crippen molar-refractivity contribution in [3.63, 3.8) is 0 Å². The molecular weight excluding hydrogens is 785 g/mol. The van der Waals surface area contributed by atoms with Crippen molar-refractivity contribution in [1.29, 1.82) is 0 Å². The molecule has 10 aromatic rings. The number of rotatable bonds is 6. The fourth-order valence-corrected chi connectivity index (χ4v) is 14.6. The van der Waals surface area contributed by atoms with Gasteiger partial charge in [0, 0.05) is 38.6 Å². The van der Waals surface area contributed by atoms with Gasteiger partial charge in [-0.05, 0) is 149 Å². The van der Waals surface area contributed by atoms with E-state index in [0.29, 0.717) is 11.8 Å². The SMILES string of the molecule is c1ccc(C2(c3ccccc3)c3ccccc3C3(c4ccc(N(c5ccc(-n6c7ccccc7c7ccccc76)cc5)c5cccc6ccccc56)cc42)C2CC4CC(C2)CC3C4)cc1. The second-order valence-electron chi connectivity index (χ2n) is 19.7. The Morgan fingerprint density at radius 2 is 0.892 bits per heavy atom. The third-order valence-corrected chi connectivity index (χ3v) is 16.7. The first kappa shape index (κ1) is 37.2. The van der Waals surface area contributed by atoms with E-state index >= 15 is 0 Å². The van der Waals surface area contributed by atoms with Gasteiger partial charge >= 0.3 is 0 Å². The predicted octanol–water partition coefficient (Wildman–Crippen LogP) is 15.8. The van der Waals surface area contributed by atoms with Crippen LogP contribution in [0.25, 0.3) is 38.3 Å². The van der Waals surface area contributed by atoms with Crippen molar-refractivity contribution in [2.75, 3.05) is 4.90 Å². The van der Waals surface area contributed by atoms with Crippen molar-refractivity contribution in [1.82, 2.24) is 4.57 Å². The van der Waals surface area contributed by atoms with E-state index in [4.69, 9.17) is 0 Å². The summed E-state index contributed by atoms with van der Waals surface area (Å²) in [7, 11) is 0. The van der Waals surface area contributed by atoms with Gasteiger partial charge in [-0.15, -0.1) is 0 Å². The van der Waals surface area contributed by atoms with E-state index in [2.05, 4.69) is 228 Å². The summed E-state index contributed by atoms with van der Waals surface area (Å²) >= 11 is 0. The van der Waals surface area contributed by atoms with Crippen LogP contribution >= 0.6 is 0 Å². The molecule has 1 heterocycles. The van der Waals surface area contributed by atoms with Gasteiger partial charge in [-0.1, -0.05) is 164 Å². The molecule has 0 N–H and O–H groups in total. The van der Waals surface area contributed by atoms with Gasteiger partial charge in [-0.2, -0.15) is 0 Å². The molecule has 1 aromatic heterocycles. The van der Waals surface area contributed by atoms with Crippen molar-refractivity contribution in [2.45, 2.75) is 42.9 Å². The molecule has 65 heavy (non-hydrogen) atoms. The minimum absolute atomic E-state index is 0.0286. The molecule has 9 aromatic carbocycles. The van der Waals surface area contributed by atoms with Crippen LogP contribution in [0.4, 0.5) is 17.1 Å². The largest absolute Gasteiger partial charge is 0.310 e. The number of anilines is 3. The molecule has 0 aliphatic heterocycles. The third-order valence-electron chi connectivity index (χ3n) is 16.7. The van der Waals surface area contributed by atoms with Crippen LogP contribution in [0.2, 0.25) is 0 Å². The van der Waals surface area contributed by atoms with E-state index in [9.17, 15) is 0 Å². The zero-order valence-corrected chi connectivity index (χ0v) is 36.5. The minimum Gasteiger partial charge on any atom is -0.310 e. The summed E-state index contributed by atoms with van der Waals surface area (Å²) in [5, 5.41) is 5.02. The Balaban J connectivity index is 1.05. The van der Waals surface area contributed by atoms with Crippen LogP contribution in [0.1, 0.15) is 65.5 Å². The van der Waals surface area contributed by atoms with E-state index in [1.54, 1.807) is 11.1 Å². The first-order valence-electron chi connectivity index (χ1n) is 23.9. The number of hydrogen-bond acceptors (Lipinski definition) is 1. The first-order valence-corrected chi connectivity index (χ1v) is 23.9. The van der Waals surface area contributed by atoms with Crippen molar-refractivity contribution >= 4 is 49.6 Å². The van der Waals surface area contributed by atoms with Gasteiger partial charge in [0.05, 0.1) is 22.1 Å². The topological polar surface area (TPSA) is 8.17 Å². The molecule has 0 radical (unpaired) electrons. The molecule has 1 spiro atoms. The highest BCUT2D eigenvalue weighted by Crippen LogP contribution is 2.70. The van der Waals surface area contributed by atoms with Crippen LogP contribution in [0, 0.1) is 23.7 Å². The van der Waals surface area contributed by atoms with Crippen LogP contribution in [0.5, 0.6) is 0 Å². The second-order valence-corrected chi connectivity index (χ2v) is 19.7. The van der Waals surface area contributed by atoms with Crippen LogP contribution in [-0.2, 0) is 10.8 Å². The normalized spacial score (nSPS) is 22.3. The molecule has 4 fully saturated rings. The fourth-order valence-electron chi connectivity index (χ4n) is 14.6. The van der Waals surface area contributed by atoms with Gasteiger partial charge in [0.2, 0.25) is 0 Å². The Morgan fingerprint density at radius 1 is 0.385 bits per heavy atom. The summed E-state index contributed by atoms with van der Waals surface area (Å²) < 4.78 is 2.42. The fraction of sp³-hybridized carbons (Fsp3) is 0.175. The number of nitrogens with zero attached hydrogens (tertiary/aromatic N) is 2. The highest BCUT2D eigenvalue weighted by Gasteiger charge is 2.63. The molecule has 2 nitrogen and oxygen atoms in total.